The molecule has 5 nitrogen and oxygen atoms in total. The lowest BCUT2D eigenvalue weighted by molar-refractivity contribution is 0.0637. The average molecular weight is 338 g/mol. The number of hydrogen-bond acceptors (Lipinski definition) is 4. The number of thiophene rings is 1. The molecule has 0 spiro atoms. The van der Waals surface area contributed by atoms with Crippen LogP contribution >= 0.6 is 11.3 Å². The molecule has 0 radical (unpaired) electrons. The molecule has 1 aromatic heterocycles. The fourth-order valence-corrected chi connectivity index (χ4v) is 2.75. The van der Waals surface area contributed by atoms with Crippen molar-refractivity contribution in [1.29, 1.82) is 0 Å². The number of aliphatic hydroxyl groups is 1. The first-order valence-electron chi connectivity index (χ1n) is 7.16. The van der Waals surface area contributed by atoms with E-state index in [1.54, 1.807) is 19.9 Å². The van der Waals surface area contributed by atoms with Crippen molar-refractivity contribution in [3.8, 4) is 5.75 Å². The number of urea groups is 1. The molecule has 124 valence electrons. The van der Waals surface area contributed by atoms with E-state index in [0.717, 1.165) is 4.88 Å². The first-order chi connectivity index (χ1) is 10.9. The van der Waals surface area contributed by atoms with Gasteiger partial charge < -0.3 is 20.5 Å². The molecule has 0 saturated heterocycles. The summed E-state index contributed by atoms with van der Waals surface area (Å²) in [6, 6.07) is 7.01. The normalized spacial score (nSPS) is 13.2. The van der Waals surface area contributed by atoms with Crippen LogP contribution in [0, 0.1) is 5.82 Å². The molecule has 0 bridgehead atoms. The van der Waals surface area contributed by atoms with Gasteiger partial charge in [-0.15, -0.1) is 11.3 Å². The number of carbonyl (C=O) groups is 1. The molecular formula is C16H19FN2O3S. The van der Waals surface area contributed by atoms with Crippen molar-refractivity contribution < 1.29 is 19.0 Å². The highest BCUT2D eigenvalue weighted by Gasteiger charge is 2.25. The molecule has 0 aliphatic heterocycles. The number of ether oxygens (including phenoxy) is 1. The Morgan fingerprint density at radius 3 is 2.87 bits per heavy atom. The zero-order valence-electron chi connectivity index (χ0n) is 12.9. The van der Waals surface area contributed by atoms with Gasteiger partial charge in [0.05, 0.1) is 18.8 Å². The van der Waals surface area contributed by atoms with Crippen molar-refractivity contribution in [3.05, 3.63) is 46.4 Å². The first kappa shape index (κ1) is 17.2. The highest BCUT2D eigenvalue weighted by atomic mass is 32.1. The lowest BCUT2D eigenvalue weighted by Crippen LogP contribution is -2.40. The molecule has 3 N–H and O–H groups in total. The number of amides is 2. The maximum absolute atomic E-state index is 13.2. The first-order valence-corrected chi connectivity index (χ1v) is 8.04. The summed E-state index contributed by atoms with van der Waals surface area (Å²) in [6.07, 6.45) is 0. The van der Waals surface area contributed by atoms with Crippen molar-refractivity contribution in [1.82, 2.24) is 5.32 Å². The van der Waals surface area contributed by atoms with Crippen molar-refractivity contribution in [2.45, 2.75) is 19.4 Å². The third-order valence-corrected chi connectivity index (χ3v) is 4.26. The summed E-state index contributed by atoms with van der Waals surface area (Å²) >= 11 is 1.41. The van der Waals surface area contributed by atoms with E-state index < -0.39 is 17.4 Å². The molecule has 2 aromatic rings. The minimum atomic E-state index is -1.16. The summed E-state index contributed by atoms with van der Waals surface area (Å²) in [5.74, 6) is -0.187. The van der Waals surface area contributed by atoms with Crippen LogP contribution in [0.15, 0.2) is 35.7 Å². The van der Waals surface area contributed by atoms with Gasteiger partial charge in [0.25, 0.3) is 0 Å². The van der Waals surface area contributed by atoms with Crippen LogP contribution in [-0.4, -0.2) is 24.3 Å². The predicted octanol–water partition coefficient (Wildman–Crippen LogP) is 3.32. The molecule has 1 atom stereocenters. The van der Waals surface area contributed by atoms with Crippen molar-refractivity contribution in [2.75, 3.05) is 18.5 Å². The molecule has 0 aliphatic rings. The summed E-state index contributed by atoms with van der Waals surface area (Å²) in [5.41, 5.74) is -0.793. The summed E-state index contributed by atoms with van der Waals surface area (Å²) in [6.45, 7) is 3.80. The maximum Gasteiger partial charge on any atom is 0.319 e. The lowest BCUT2D eigenvalue weighted by Gasteiger charge is -2.22. The third kappa shape index (κ3) is 4.67. The second-order valence-electron chi connectivity index (χ2n) is 5.13. The Hall–Kier alpha value is -2.12. The Bertz CT molecular complexity index is 659. The summed E-state index contributed by atoms with van der Waals surface area (Å²) in [4.78, 5) is 12.7. The van der Waals surface area contributed by atoms with Crippen LogP contribution in [0.25, 0.3) is 0 Å². The van der Waals surface area contributed by atoms with Gasteiger partial charge in [-0.3, -0.25) is 0 Å². The number of anilines is 1. The van der Waals surface area contributed by atoms with Crippen LogP contribution in [0.5, 0.6) is 5.75 Å². The largest absolute Gasteiger partial charge is 0.492 e. The fourth-order valence-electron chi connectivity index (χ4n) is 1.97. The Labute approximate surface area is 138 Å². The second-order valence-corrected chi connectivity index (χ2v) is 6.08. The van der Waals surface area contributed by atoms with Crippen LogP contribution in [0.3, 0.4) is 0 Å². The molecule has 23 heavy (non-hydrogen) atoms. The number of rotatable bonds is 6. The van der Waals surface area contributed by atoms with E-state index >= 15 is 0 Å². The van der Waals surface area contributed by atoms with Crippen LogP contribution in [-0.2, 0) is 5.60 Å². The van der Waals surface area contributed by atoms with Gasteiger partial charge in [-0.25, -0.2) is 9.18 Å². The Morgan fingerprint density at radius 1 is 1.43 bits per heavy atom. The van der Waals surface area contributed by atoms with Gasteiger partial charge in [0.2, 0.25) is 0 Å². The molecule has 2 amide bonds. The van der Waals surface area contributed by atoms with Gasteiger partial charge in [0, 0.05) is 10.9 Å². The van der Waals surface area contributed by atoms with Crippen LogP contribution in [0.4, 0.5) is 14.9 Å². The van der Waals surface area contributed by atoms with E-state index in [1.807, 2.05) is 11.4 Å². The van der Waals surface area contributed by atoms with Crippen LogP contribution < -0.4 is 15.4 Å². The second kappa shape index (κ2) is 7.43. The Morgan fingerprint density at radius 2 is 2.22 bits per heavy atom. The average Bonchev–Trinajstić information content (AvgIpc) is 3.04. The molecule has 7 heteroatoms. The number of carbonyl (C=O) groups excluding carboxylic acids is 1. The number of nitrogens with one attached hydrogen (secondary N) is 2. The molecule has 1 unspecified atom stereocenters. The van der Waals surface area contributed by atoms with Gasteiger partial charge in [-0.1, -0.05) is 6.07 Å². The highest BCUT2D eigenvalue weighted by molar-refractivity contribution is 7.10. The molecule has 0 fully saturated rings. The smallest absolute Gasteiger partial charge is 0.319 e. The molecule has 1 heterocycles. The van der Waals surface area contributed by atoms with E-state index in [4.69, 9.17) is 4.74 Å². The minimum Gasteiger partial charge on any atom is -0.492 e. The zero-order valence-corrected chi connectivity index (χ0v) is 13.7. The summed E-state index contributed by atoms with van der Waals surface area (Å²) < 4.78 is 18.5. The quantitative estimate of drug-likeness (QED) is 0.757. The molecule has 0 aliphatic carbocycles. The van der Waals surface area contributed by atoms with E-state index in [2.05, 4.69) is 10.6 Å². The van der Waals surface area contributed by atoms with Gasteiger partial charge >= 0.3 is 6.03 Å². The van der Waals surface area contributed by atoms with Gasteiger partial charge in [0.1, 0.15) is 17.2 Å². The molecule has 0 saturated carbocycles. The Kier molecular flexibility index (Phi) is 5.57. The lowest BCUT2D eigenvalue weighted by atomic mass is 10.1. The topological polar surface area (TPSA) is 70.6 Å². The summed E-state index contributed by atoms with van der Waals surface area (Å²) in [5, 5.41) is 17.4. The van der Waals surface area contributed by atoms with Gasteiger partial charge in [-0.2, -0.15) is 0 Å². The fraction of sp³-hybridized carbons (Fsp3) is 0.312. The molecule has 1 aromatic carbocycles. The van der Waals surface area contributed by atoms with E-state index in [1.165, 1.54) is 29.5 Å². The minimum absolute atomic E-state index is 0.0461. The van der Waals surface area contributed by atoms with Crippen LogP contribution in [0.1, 0.15) is 18.7 Å². The third-order valence-electron chi connectivity index (χ3n) is 3.14. The van der Waals surface area contributed by atoms with E-state index in [0.29, 0.717) is 12.3 Å². The highest BCUT2D eigenvalue weighted by Crippen LogP contribution is 2.26. The van der Waals surface area contributed by atoms with Crippen LogP contribution in [0.2, 0.25) is 0 Å². The van der Waals surface area contributed by atoms with E-state index in [-0.39, 0.29) is 12.3 Å². The predicted molar refractivity (Wildman–Crippen MR) is 88.5 cm³/mol. The SMILES string of the molecule is CCOc1cc(F)ccc1NC(=O)NCC(C)(O)c1cccs1. The van der Waals surface area contributed by atoms with E-state index in [9.17, 15) is 14.3 Å². The van der Waals surface area contributed by atoms with Gasteiger partial charge in [-0.05, 0) is 37.4 Å². The molecule has 2 rings (SSSR count). The van der Waals surface area contributed by atoms with Crippen molar-refractivity contribution in [2.24, 2.45) is 0 Å². The standard InChI is InChI=1S/C16H19FN2O3S/c1-3-22-13-9-11(17)6-7-12(13)19-15(20)18-10-16(2,21)14-5-4-8-23-14/h4-9,21H,3,10H2,1-2H3,(H2,18,19,20). The Balaban J connectivity index is 1.97. The number of hydrogen-bond donors (Lipinski definition) is 3. The monoisotopic (exact) mass is 338 g/mol. The summed E-state index contributed by atoms with van der Waals surface area (Å²) in [7, 11) is 0. The maximum atomic E-state index is 13.2. The number of halogens is 1. The van der Waals surface area contributed by atoms with Crippen molar-refractivity contribution in [3.63, 3.8) is 0 Å². The molecular weight excluding hydrogens is 319 g/mol. The van der Waals surface area contributed by atoms with Crippen molar-refractivity contribution >= 4 is 23.1 Å². The number of benzene rings is 1. The van der Waals surface area contributed by atoms with Gasteiger partial charge in [0.15, 0.2) is 0 Å². The zero-order chi connectivity index (χ0) is 16.9.